The molecule has 2 unspecified atom stereocenters. The lowest BCUT2D eigenvalue weighted by molar-refractivity contribution is 0.560. The molecule has 1 N–H and O–H groups in total. The summed E-state index contributed by atoms with van der Waals surface area (Å²) in [5.41, 5.74) is 1.82. The SMILES string of the molecule is C=CCSc1nn(CC=C)c(=N)c2c1SC1CCCC21. The van der Waals surface area contributed by atoms with E-state index >= 15 is 0 Å². The van der Waals surface area contributed by atoms with E-state index in [2.05, 4.69) is 18.3 Å². The molecule has 1 aromatic heterocycles. The number of nitrogens with zero attached hydrogens (tertiary/aromatic N) is 2. The fourth-order valence-electron chi connectivity index (χ4n) is 3.06. The molecule has 3 nitrogen and oxygen atoms in total. The maximum atomic E-state index is 8.47. The number of nitrogens with one attached hydrogen (secondary N) is 1. The van der Waals surface area contributed by atoms with Gasteiger partial charge in [0.1, 0.15) is 10.5 Å². The largest absolute Gasteiger partial charge is 0.283 e. The molecule has 2 heterocycles. The summed E-state index contributed by atoms with van der Waals surface area (Å²) in [6, 6.07) is 0. The van der Waals surface area contributed by atoms with Crippen molar-refractivity contribution in [1.82, 2.24) is 9.78 Å². The average Bonchev–Trinajstić information content (AvgIpc) is 3.01. The van der Waals surface area contributed by atoms with Crippen LogP contribution in [0.3, 0.4) is 0 Å². The van der Waals surface area contributed by atoms with E-state index in [4.69, 9.17) is 5.41 Å². The first-order valence-corrected chi connectivity index (χ1v) is 8.83. The predicted octanol–water partition coefficient (Wildman–Crippen LogP) is 3.57. The number of fused-ring (bicyclic) bond motifs is 3. The van der Waals surface area contributed by atoms with Gasteiger partial charge < -0.3 is 0 Å². The molecule has 20 heavy (non-hydrogen) atoms. The minimum absolute atomic E-state index is 0.560. The first-order chi connectivity index (χ1) is 9.76. The fraction of sp³-hybridized carbons (Fsp3) is 0.467. The zero-order chi connectivity index (χ0) is 14.1. The van der Waals surface area contributed by atoms with Crippen molar-refractivity contribution < 1.29 is 0 Å². The van der Waals surface area contributed by atoms with Crippen LogP contribution >= 0.6 is 23.5 Å². The van der Waals surface area contributed by atoms with E-state index in [1.54, 1.807) is 16.4 Å². The minimum Gasteiger partial charge on any atom is -0.283 e. The number of rotatable bonds is 5. The Balaban J connectivity index is 2.10. The Kier molecular flexibility index (Phi) is 4.08. The van der Waals surface area contributed by atoms with E-state index in [0.29, 0.717) is 23.2 Å². The molecule has 5 heteroatoms. The van der Waals surface area contributed by atoms with Crippen molar-refractivity contribution in [2.24, 2.45) is 0 Å². The Bertz CT molecular complexity index is 606. The number of aromatic nitrogens is 2. The average molecular weight is 305 g/mol. The molecule has 106 valence electrons. The minimum atomic E-state index is 0.560. The summed E-state index contributed by atoms with van der Waals surface area (Å²) in [5, 5.41) is 14.8. The Morgan fingerprint density at radius 1 is 1.40 bits per heavy atom. The molecule has 0 bridgehead atoms. The lowest BCUT2D eigenvalue weighted by atomic mass is 9.99. The summed E-state index contributed by atoms with van der Waals surface area (Å²) in [6.07, 6.45) is 7.51. The highest BCUT2D eigenvalue weighted by molar-refractivity contribution is 8.02. The Labute approximate surface area is 128 Å². The van der Waals surface area contributed by atoms with Crippen molar-refractivity contribution in [1.29, 1.82) is 5.41 Å². The quantitative estimate of drug-likeness (QED) is 0.668. The van der Waals surface area contributed by atoms with Gasteiger partial charge in [0.25, 0.3) is 0 Å². The van der Waals surface area contributed by atoms with Crippen LogP contribution < -0.4 is 5.49 Å². The normalized spacial score (nSPS) is 23.4. The second kappa shape index (κ2) is 5.82. The van der Waals surface area contributed by atoms with Gasteiger partial charge in [-0.1, -0.05) is 30.3 Å². The third-order valence-electron chi connectivity index (χ3n) is 3.90. The smallest absolute Gasteiger partial charge is 0.146 e. The van der Waals surface area contributed by atoms with E-state index in [-0.39, 0.29) is 0 Å². The van der Waals surface area contributed by atoms with Gasteiger partial charge in [-0.2, -0.15) is 5.10 Å². The maximum absolute atomic E-state index is 8.47. The van der Waals surface area contributed by atoms with Crippen molar-refractivity contribution in [3.63, 3.8) is 0 Å². The van der Waals surface area contributed by atoms with E-state index < -0.39 is 0 Å². The molecular formula is C15H19N3S2. The highest BCUT2D eigenvalue weighted by Crippen LogP contribution is 2.53. The summed E-state index contributed by atoms with van der Waals surface area (Å²) in [4.78, 5) is 1.26. The molecule has 1 aliphatic heterocycles. The molecule has 0 amide bonds. The maximum Gasteiger partial charge on any atom is 0.146 e. The summed E-state index contributed by atoms with van der Waals surface area (Å²) in [5.74, 6) is 1.42. The van der Waals surface area contributed by atoms with E-state index in [0.717, 1.165) is 10.8 Å². The van der Waals surface area contributed by atoms with Gasteiger partial charge in [-0.05, 0) is 12.8 Å². The van der Waals surface area contributed by atoms with Gasteiger partial charge in [-0.3, -0.25) is 5.41 Å². The van der Waals surface area contributed by atoms with Crippen LogP contribution in [0.5, 0.6) is 0 Å². The van der Waals surface area contributed by atoms with Crippen molar-refractivity contribution in [2.75, 3.05) is 5.75 Å². The molecule has 3 rings (SSSR count). The van der Waals surface area contributed by atoms with Crippen LogP contribution in [0.1, 0.15) is 30.7 Å². The molecule has 0 radical (unpaired) electrons. The number of hydrogen-bond acceptors (Lipinski definition) is 4. The second-order valence-electron chi connectivity index (χ2n) is 5.16. The van der Waals surface area contributed by atoms with E-state index in [1.165, 1.54) is 29.7 Å². The van der Waals surface area contributed by atoms with Gasteiger partial charge in [0, 0.05) is 27.4 Å². The Hall–Kier alpha value is -0.940. The first kappa shape index (κ1) is 14.0. The first-order valence-electron chi connectivity index (χ1n) is 6.97. The number of thioether (sulfide) groups is 2. The Morgan fingerprint density at radius 2 is 2.25 bits per heavy atom. The highest BCUT2D eigenvalue weighted by Gasteiger charge is 2.40. The summed E-state index contributed by atoms with van der Waals surface area (Å²) in [7, 11) is 0. The van der Waals surface area contributed by atoms with E-state index in [1.807, 2.05) is 23.9 Å². The zero-order valence-corrected chi connectivity index (χ0v) is 13.1. The van der Waals surface area contributed by atoms with Crippen LogP contribution in [0.4, 0.5) is 0 Å². The topological polar surface area (TPSA) is 41.7 Å². The Morgan fingerprint density at radius 3 is 3.00 bits per heavy atom. The molecule has 0 spiro atoms. The zero-order valence-electron chi connectivity index (χ0n) is 11.5. The standard InChI is InChI=1S/C15H19N3S2/c1-3-8-18-14(16)12-10-6-5-7-11(10)20-13(12)15(17-18)19-9-4-2/h3-4,10-11,16H,1-2,5-9H2. The molecule has 0 aromatic carbocycles. The van der Waals surface area contributed by atoms with Gasteiger partial charge in [-0.25, -0.2) is 4.68 Å². The van der Waals surface area contributed by atoms with Crippen LogP contribution in [0, 0.1) is 5.41 Å². The number of hydrogen-bond donors (Lipinski definition) is 1. The predicted molar refractivity (Wildman–Crippen MR) is 85.4 cm³/mol. The fourth-order valence-corrected chi connectivity index (χ4v) is 5.59. The third kappa shape index (κ3) is 2.27. The highest BCUT2D eigenvalue weighted by atomic mass is 32.2. The summed E-state index contributed by atoms with van der Waals surface area (Å²) >= 11 is 3.67. The van der Waals surface area contributed by atoms with Gasteiger partial charge in [0.05, 0.1) is 6.54 Å². The van der Waals surface area contributed by atoms with Gasteiger partial charge in [0.15, 0.2) is 0 Å². The molecule has 1 fully saturated rings. The molecule has 2 aliphatic rings. The summed E-state index contributed by atoms with van der Waals surface area (Å²) in [6.45, 7) is 8.17. The van der Waals surface area contributed by atoms with E-state index in [9.17, 15) is 0 Å². The van der Waals surface area contributed by atoms with Crippen molar-refractivity contribution in [3.8, 4) is 0 Å². The van der Waals surface area contributed by atoms with Crippen molar-refractivity contribution in [2.45, 2.75) is 46.9 Å². The van der Waals surface area contributed by atoms with Crippen LogP contribution in [-0.4, -0.2) is 20.8 Å². The third-order valence-corrected chi connectivity index (χ3v) is 6.50. The second-order valence-corrected chi connectivity index (χ2v) is 7.42. The molecule has 1 aromatic rings. The van der Waals surface area contributed by atoms with Crippen LogP contribution in [-0.2, 0) is 6.54 Å². The molecule has 2 atom stereocenters. The molecule has 1 saturated carbocycles. The lowest BCUT2D eigenvalue weighted by Gasteiger charge is -2.13. The summed E-state index contributed by atoms with van der Waals surface area (Å²) < 4.78 is 1.79. The van der Waals surface area contributed by atoms with Gasteiger partial charge >= 0.3 is 0 Å². The van der Waals surface area contributed by atoms with Gasteiger partial charge in [-0.15, -0.1) is 24.9 Å². The van der Waals surface area contributed by atoms with Crippen molar-refractivity contribution in [3.05, 3.63) is 36.4 Å². The lowest BCUT2D eigenvalue weighted by Crippen LogP contribution is -2.28. The van der Waals surface area contributed by atoms with Crippen LogP contribution in [0.2, 0.25) is 0 Å². The van der Waals surface area contributed by atoms with Crippen molar-refractivity contribution >= 4 is 23.5 Å². The van der Waals surface area contributed by atoms with Crippen LogP contribution in [0.25, 0.3) is 0 Å². The molecular weight excluding hydrogens is 286 g/mol. The van der Waals surface area contributed by atoms with Crippen LogP contribution in [0.15, 0.2) is 35.2 Å². The van der Waals surface area contributed by atoms with Gasteiger partial charge in [0.2, 0.25) is 0 Å². The molecule has 1 aliphatic carbocycles. The monoisotopic (exact) mass is 305 g/mol. The number of allylic oxidation sites excluding steroid dienone is 1. The molecule has 0 saturated heterocycles.